The average Bonchev–Trinajstić information content (AvgIpc) is 2.37. The predicted molar refractivity (Wildman–Crippen MR) is 96.8 cm³/mol. The third-order valence-corrected chi connectivity index (χ3v) is 3.57. The van der Waals surface area contributed by atoms with Gasteiger partial charge in [0.1, 0.15) is 0 Å². The summed E-state index contributed by atoms with van der Waals surface area (Å²) in [7, 11) is 0. The second kappa shape index (κ2) is 7.87. The summed E-state index contributed by atoms with van der Waals surface area (Å²) >= 11 is 16.1. The summed E-state index contributed by atoms with van der Waals surface area (Å²) in [5, 5.41) is 7.52. The summed E-state index contributed by atoms with van der Waals surface area (Å²) in [5.41, 5.74) is 7.83. The summed E-state index contributed by atoms with van der Waals surface area (Å²) in [6, 6.07) is 5.29. The minimum atomic E-state index is -0.463. The first-order valence-corrected chi connectivity index (χ1v) is 7.89. The highest BCUT2D eigenvalue weighted by molar-refractivity contribution is 7.80. The van der Waals surface area contributed by atoms with E-state index in [0.717, 1.165) is 17.9 Å². The summed E-state index contributed by atoms with van der Waals surface area (Å²) in [6.45, 7) is 8.72. The predicted octanol–water partition coefficient (Wildman–Crippen LogP) is 3.65. The number of halogens is 2. The highest BCUT2D eigenvalue weighted by Crippen LogP contribution is 2.24. The third kappa shape index (κ3) is 5.73. The van der Waals surface area contributed by atoms with Crippen LogP contribution >= 0.6 is 35.8 Å². The molecule has 0 bridgehead atoms. The van der Waals surface area contributed by atoms with E-state index in [1.807, 2.05) is 13.8 Å². The summed E-state index contributed by atoms with van der Waals surface area (Å²) in [5.74, 6) is 0.741. The fourth-order valence-corrected chi connectivity index (χ4v) is 2.33. The van der Waals surface area contributed by atoms with Crippen molar-refractivity contribution in [2.75, 3.05) is 12.3 Å². The van der Waals surface area contributed by atoms with Crippen molar-refractivity contribution < 1.29 is 0 Å². The van der Waals surface area contributed by atoms with E-state index in [1.54, 1.807) is 24.4 Å². The van der Waals surface area contributed by atoms with Gasteiger partial charge in [-0.1, -0.05) is 29.8 Å². The Labute approximate surface area is 142 Å². The smallest absolute Gasteiger partial charge is 0.0726 e. The van der Waals surface area contributed by atoms with Gasteiger partial charge in [-0.15, -0.1) is 0 Å². The van der Waals surface area contributed by atoms with Crippen LogP contribution in [0.1, 0.15) is 19.4 Å². The van der Waals surface area contributed by atoms with Crippen molar-refractivity contribution >= 4 is 41.5 Å². The molecular formula is C15H21Cl2N3S. The van der Waals surface area contributed by atoms with Crippen LogP contribution in [-0.2, 0) is 0 Å². The minimum Gasteiger partial charge on any atom is -0.399 e. The highest BCUT2D eigenvalue weighted by Gasteiger charge is 2.21. The zero-order valence-corrected chi connectivity index (χ0v) is 14.6. The summed E-state index contributed by atoms with van der Waals surface area (Å²) < 4.78 is 0. The monoisotopic (exact) mass is 345 g/mol. The molecule has 0 atom stereocenters. The molecule has 0 aliphatic carbocycles. The van der Waals surface area contributed by atoms with Crippen molar-refractivity contribution in [1.29, 1.82) is 0 Å². The lowest BCUT2D eigenvalue weighted by molar-refractivity contribution is 0.521. The van der Waals surface area contributed by atoms with Gasteiger partial charge in [-0.2, -0.15) is 12.6 Å². The number of nitrogens with two attached hydrogens (primary N) is 1. The van der Waals surface area contributed by atoms with Crippen molar-refractivity contribution in [2.24, 2.45) is 5.73 Å². The van der Waals surface area contributed by atoms with E-state index in [9.17, 15) is 0 Å². The van der Waals surface area contributed by atoms with Crippen molar-refractivity contribution in [3.8, 4) is 0 Å². The van der Waals surface area contributed by atoms with E-state index >= 15 is 0 Å². The second-order valence-electron chi connectivity index (χ2n) is 5.16. The molecule has 0 aliphatic heterocycles. The zero-order chi connectivity index (χ0) is 16.0. The van der Waals surface area contributed by atoms with Crippen molar-refractivity contribution in [2.45, 2.75) is 19.4 Å². The molecule has 0 fully saturated rings. The molecule has 0 heterocycles. The molecule has 0 unspecified atom stereocenters. The Hall–Kier alpha value is -0.970. The van der Waals surface area contributed by atoms with Crippen LogP contribution in [0.5, 0.6) is 0 Å². The molecule has 6 heteroatoms. The maximum Gasteiger partial charge on any atom is 0.0726 e. The molecule has 3 nitrogen and oxygen atoms in total. The van der Waals surface area contributed by atoms with Gasteiger partial charge in [-0.05, 0) is 37.6 Å². The van der Waals surface area contributed by atoms with Crippen molar-refractivity contribution in [3.63, 3.8) is 0 Å². The van der Waals surface area contributed by atoms with E-state index in [-0.39, 0.29) is 0 Å². The molecule has 0 aromatic heterocycles. The fraction of sp³-hybridized carbons (Fsp3) is 0.333. The van der Waals surface area contributed by atoms with E-state index in [2.05, 4.69) is 29.8 Å². The Morgan fingerprint density at radius 1 is 1.33 bits per heavy atom. The second-order valence-corrected chi connectivity index (χ2v) is 6.48. The summed E-state index contributed by atoms with van der Waals surface area (Å²) in [4.78, 5) is 0. The lowest BCUT2D eigenvalue weighted by Gasteiger charge is -2.29. The number of nitrogens with one attached hydrogen (secondary N) is 2. The molecule has 21 heavy (non-hydrogen) atoms. The van der Waals surface area contributed by atoms with Gasteiger partial charge >= 0.3 is 0 Å². The van der Waals surface area contributed by atoms with Crippen LogP contribution in [-0.4, -0.2) is 17.8 Å². The van der Waals surface area contributed by atoms with E-state index < -0.39 is 5.54 Å². The van der Waals surface area contributed by atoms with Crippen LogP contribution < -0.4 is 16.4 Å². The average molecular weight is 346 g/mol. The Morgan fingerprint density at radius 3 is 2.43 bits per heavy atom. The van der Waals surface area contributed by atoms with Crippen LogP contribution in [0.2, 0.25) is 10.0 Å². The highest BCUT2D eigenvalue weighted by atomic mass is 35.5. The number of rotatable bonds is 7. The Bertz CT molecular complexity index is 521. The number of thiol groups is 1. The van der Waals surface area contributed by atoms with Crippen molar-refractivity contribution in [3.05, 3.63) is 52.3 Å². The molecule has 0 saturated heterocycles. The first-order chi connectivity index (χ1) is 9.76. The van der Waals surface area contributed by atoms with Gasteiger partial charge in [-0.3, -0.25) is 0 Å². The quantitative estimate of drug-likeness (QED) is 0.450. The molecule has 116 valence electrons. The maximum atomic E-state index is 6.10. The first kappa shape index (κ1) is 18.1. The lowest BCUT2D eigenvalue weighted by atomic mass is 10.00. The molecular weight excluding hydrogens is 325 g/mol. The van der Waals surface area contributed by atoms with Crippen LogP contribution in [0.25, 0.3) is 5.70 Å². The van der Waals surface area contributed by atoms with Gasteiger partial charge in [0, 0.05) is 39.9 Å². The van der Waals surface area contributed by atoms with E-state index in [0.29, 0.717) is 21.4 Å². The molecule has 0 saturated carbocycles. The Morgan fingerprint density at radius 2 is 1.90 bits per heavy atom. The zero-order valence-electron chi connectivity index (χ0n) is 12.2. The van der Waals surface area contributed by atoms with Gasteiger partial charge in [0.2, 0.25) is 0 Å². The SMILES string of the molecule is C=C(NC(C)(C)/C(N)=C/NCCS)c1cc(Cl)cc(Cl)c1. The van der Waals surface area contributed by atoms with Crippen LogP contribution in [0.15, 0.2) is 36.7 Å². The minimum absolute atomic E-state index is 0.463. The van der Waals surface area contributed by atoms with E-state index in [4.69, 9.17) is 28.9 Å². The number of benzene rings is 1. The molecule has 1 aromatic rings. The third-order valence-electron chi connectivity index (χ3n) is 2.91. The molecule has 0 spiro atoms. The van der Waals surface area contributed by atoms with Crippen LogP contribution in [0, 0.1) is 0 Å². The molecule has 0 amide bonds. The lowest BCUT2D eigenvalue weighted by Crippen LogP contribution is -2.43. The first-order valence-electron chi connectivity index (χ1n) is 6.50. The molecule has 1 aromatic carbocycles. The van der Waals surface area contributed by atoms with E-state index in [1.165, 1.54) is 0 Å². The van der Waals surface area contributed by atoms with Crippen LogP contribution in [0.4, 0.5) is 0 Å². The van der Waals surface area contributed by atoms with Crippen molar-refractivity contribution in [1.82, 2.24) is 10.6 Å². The Balaban J connectivity index is 2.82. The standard InChI is InChI=1S/C15H21Cl2N3S/c1-10(11-6-12(16)8-13(17)7-11)20-15(2,3)14(18)9-19-4-5-21/h6-9,19-21H,1,4-5,18H2,2-3H3/b14-9-. The van der Waals surface area contributed by atoms with Crippen LogP contribution in [0.3, 0.4) is 0 Å². The Kier molecular flexibility index (Phi) is 6.78. The molecule has 4 N–H and O–H groups in total. The number of hydrogen-bond acceptors (Lipinski definition) is 4. The fourth-order valence-electron chi connectivity index (χ4n) is 1.68. The van der Waals surface area contributed by atoms with Gasteiger partial charge in [-0.25, -0.2) is 0 Å². The van der Waals surface area contributed by atoms with Gasteiger partial charge in [0.05, 0.1) is 5.54 Å². The topological polar surface area (TPSA) is 50.1 Å². The van der Waals surface area contributed by atoms with Gasteiger partial charge < -0.3 is 16.4 Å². The maximum absolute atomic E-state index is 6.10. The summed E-state index contributed by atoms with van der Waals surface area (Å²) in [6.07, 6.45) is 1.78. The normalized spacial score (nSPS) is 12.1. The largest absolute Gasteiger partial charge is 0.399 e. The van der Waals surface area contributed by atoms with Gasteiger partial charge in [0.25, 0.3) is 0 Å². The van der Waals surface area contributed by atoms with Gasteiger partial charge in [0.15, 0.2) is 0 Å². The molecule has 0 radical (unpaired) electrons. The molecule has 1 rings (SSSR count). The molecule has 0 aliphatic rings. The number of hydrogen-bond donors (Lipinski definition) is 4.